The van der Waals surface area contributed by atoms with Crippen LogP contribution in [-0.4, -0.2) is 72.0 Å². The molecule has 0 saturated heterocycles. The Labute approximate surface area is 162 Å². The second-order valence-electron chi connectivity index (χ2n) is 6.58. The van der Waals surface area contributed by atoms with Crippen LogP contribution in [0, 0.1) is 0 Å². The molecule has 0 aliphatic rings. The van der Waals surface area contributed by atoms with Gasteiger partial charge in [0.2, 0.25) is 0 Å². The minimum absolute atomic E-state index is 0.650. The molecular weight excluding hydrogens is 343 g/mol. The number of rotatable bonds is 12. The SMILES string of the molecule is CN(C)CCOc1ccc(O[B]Oc2ccc(OCCN(C)C)cc2)cc1. The average molecular weight is 371 g/mol. The van der Waals surface area contributed by atoms with Crippen LogP contribution in [0.15, 0.2) is 48.5 Å². The third-order valence-electron chi connectivity index (χ3n) is 3.63. The molecule has 7 heteroatoms. The highest BCUT2D eigenvalue weighted by Crippen LogP contribution is 2.19. The molecule has 27 heavy (non-hydrogen) atoms. The van der Waals surface area contributed by atoms with E-state index in [9.17, 15) is 0 Å². The lowest BCUT2D eigenvalue weighted by Crippen LogP contribution is -2.19. The summed E-state index contributed by atoms with van der Waals surface area (Å²) < 4.78 is 22.3. The summed E-state index contributed by atoms with van der Waals surface area (Å²) in [4.78, 5) is 4.15. The van der Waals surface area contributed by atoms with Gasteiger partial charge in [0.05, 0.1) is 0 Å². The van der Waals surface area contributed by atoms with E-state index in [1.54, 1.807) is 0 Å². The van der Waals surface area contributed by atoms with Gasteiger partial charge in [0, 0.05) is 13.1 Å². The van der Waals surface area contributed by atoms with Crippen LogP contribution in [0.4, 0.5) is 0 Å². The summed E-state index contributed by atoms with van der Waals surface area (Å²) in [6.45, 7) is 3.05. The highest BCUT2D eigenvalue weighted by atomic mass is 16.6. The molecule has 2 rings (SSSR count). The van der Waals surface area contributed by atoms with E-state index >= 15 is 0 Å². The molecule has 2 aromatic rings. The Morgan fingerprint density at radius 2 is 0.926 bits per heavy atom. The standard InChI is InChI=1S/C20H28BN2O4/c1-22(2)13-15-24-17-5-9-19(10-6-17)26-21-27-20-11-7-18(8-12-20)25-16-14-23(3)4/h5-12H,13-16H2,1-4H3. The molecule has 0 aliphatic carbocycles. The van der Waals surface area contributed by atoms with Gasteiger partial charge < -0.3 is 28.6 Å². The maximum absolute atomic E-state index is 5.64. The molecule has 0 amide bonds. The molecule has 0 fully saturated rings. The van der Waals surface area contributed by atoms with Crippen LogP contribution in [0.1, 0.15) is 0 Å². The fourth-order valence-corrected chi connectivity index (χ4v) is 2.06. The minimum atomic E-state index is 0.650. The predicted octanol–water partition coefficient (Wildman–Crippen LogP) is 2.56. The van der Waals surface area contributed by atoms with Crippen molar-refractivity contribution in [1.82, 2.24) is 9.80 Å². The van der Waals surface area contributed by atoms with Crippen LogP contribution in [0.25, 0.3) is 0 Å². The molecule has 2 aromatic carbocycles. The summed E-state index contributed by atoms with van der Waals surface area (Å²) >= 11 is 0. The number of likely N-dealkylation sites (N-methyl/N-ethyl adjacent to an activating group) is 2. The Balaban J connectivity index is 1.68. The Hall–Kier alpha value is -2.38. The van der Waals surface area contributed by atoms with Crippen molar-refractivity contribution in [2.24, 2.45) is 0 Å². The van der Waals surface area contributed by atoms with Gasteiger partial charge in [0.1, 0.15) is 36.2 Å². The molecule has 1 radical (unpaired) electrons. The number of hydrogen-bond donors (Lipinski definition) is 0. The molecule has 0 atom stereocenters. The zero-order valence-corrected chi connectivity index (χ0v) is 16.6. The lowest BCUT2D eigenvalue weighted by atomic mass is 10.3. The van der Waals surface area contributed by atoms with E-state index in [2.05, 4.69) is 9.80 Å². The van der Waals surface area contributed by atoms with Crippen molar-refractivity contribution < 1.29 is 18.8 Å². The quantitative estimate of drug-likeness (QED) is 0.535. The third kappa shape index (κ3) is 8.71. The van der Waals surface area contributed by atoms with Gasteiger partial charge >= 0.3 is 7.69 Å². The number of nitrogens with zero attached hydrogens (tertiary/aromatic N) is 2. The van der Waals surface area contributed by atoms with Crippen LogP contribution >= 0.6 is 0 Å². The summed E-state index contributed by atoms with van der Waals surface area (Å²) in [7, 11) is 9.37. The molecule has 6 nitrogen and oxygen atoms in total. The fraction of sp³-hybridized carbons (Fsp3) is 0.400. The first-order chi connectivity index (χ1) is 13.0. The number of hydrogen-bond acceptors (Lipinski definition) is 6. The van der Waals surface area contributed by atoms with Gasteiger partial charge in [-0.15, -0.1) is 0 Å². The Kier molecular flexibility index (Phi) is 8.81. The lowest BCUT2D eigenvalue weighted by Gasteiger charge is -2.12. The Bertz CT molecular complexity index is 591. The number of benzene rings is 2. The average Bonchev–Trinajstić information content (AvgIpc) is 2.64. The highest BCUT2D eigenvalue weighted by molar-refractivity contribution is 6.20. The van der Waals surface area contributed by atoms with Crippen molar-refractivity contribution >= 4 is 7.69 Å². The van der Waals surface area contributed by atoms with Crippen LogP contribution in [0.5, 0.6) is 23.0 Å². The van der Waals surface area contributed by atoms with Gasteiger partial charge in [-0.25, -0.2) is 0 Å². The molecule has 145 valence electrons. The highest BCUT2D eigenvalue weighted by Gasteiger charge is 2.03. The second kappa shape index (κ2) is 11.4. The van der Waals surface area contributed by atoms with Gasteiger partial charge in [0.25, 0.3) is 0 Å². The van der Waals surface area contributed by atoms with E-state index in [0.29, 0.717) is 24.7 Å². The van der Waals surface area contributed by atoms with Crippen molar-refractivity contribution in [2.45, 2.75) is 0 Å². The summed E-state index contributed by atoms with van der Waals surface area (Å²) in [5.41, 5.74) is 0. The zero-order chi connectivity index (χ0) is 19.5. The minimum Gasteiger partial charge on any atom is -0.526 e. The summed E-state index contributed by atoms with van der Waals surface area (Å²) in [6.07, 6.45) is 0. The fourth-order valence-electron chi connectivity index (χ4n) is 2.06. The first kappa shape index (κ1) is 20.9. The zero-order valence-electron chi connectivity index (χ0n) is 16.6. The summed E-state index contributed by atoms with van der Waals surface area (Å²) in [5.74, 6) is 2.99. The molecule has 0 unspecified atom stereocenters. The van der Waals surface area contributed by atoms with Crippen molar-refractivity contribution in [2.75, 3.05) is 54.5 Å². The van der Waals surface area contributed by atoms with E-state index in [1.165, 1.54) is 7.69 Å². The van der Waals surface area contributed by atoms with Gasteiger partial charge in [-0.2, -0.15) is 0 Å². The van der Waals surface area contributed by atoms with Crippen LogP contribution < -0.4 is 18.8 Å². The van der Waals surface area contributed by atoms with Crippen LogP contribution in [-0.2, 0) is 0 Å². The summed E-state index contributed by atoms with van der Waals surface area (Å²) in [5, 5.41) is 0. The molecule has 0 bridgehead atoms. The maximum Gasteiger partial charge on any atom is 0.658 e. The van der Waals surface area contributed by atoms with Gasteiger partial charge in [-0.3, -0.25) is 0 Å². The van der Waals surface area contributed by atoms with Crippen molar-refractivity contribution in [3.05, 3.63) is 48.5 Å². The monoisotopic (exact) mass is 371 g/mol. The van der Waals surface area contributed by atoms with E-state index in [-0.39, 0.29) is 0 Å². The van der Waals surface area contributed by atoms with Gasteiger partial charge in [-0.05, 0) is 76.7 Å². The topological polar surface area (TPSA) is 43.4 Å². The first-order valence-corrected chi connectivity index (χ1v) is 8.93. The first-order valence-electron chi connectivity index (χ1n) is 8.93. The third-order valence-corrected chi connectivity index (χ3v) is 3.63. The second-order valence-corrected chi connectivity index (χ2v) is 6.58. The van der Waals surface area contributed by atoms with Crippen LogP contribution in [0.2, 0.25) is 0 Å². The summed E-state index contributed by atoms with van der Waals surface area (Å²) in [6, 6.07) is 14.9. The van der Waals surface area contributed by atoms with Crippen molar-refractivity contribution in [1.29, 1.82) is 0 Å². The van der Waals surface area contributed by atoms with Crippen molar-refractivity contribution in [3.8, 4) is 23.0 Å². The Morgan fingerprint density at radius 3 is 1.26 bits per heavy atom. The maximum atomic E-state index is 5.64. The number of ether oxygens (including phenoxy) is 2. The van der Waals surface area contributed by atoms with Crippen molar-refractivity contribution in [3.63, 3.8) is 0 Å². The molecule has 0 aliphatic heterocycles. The van der Waals surface area contributed by atoms with E-state index in [1.807, 2.05) is 76.7 Å². The molecule has 0 N–H and O–H groups in total. The van der Waals surface area contributed by atoms with Gasteiger partial charge in [0.15, 0.2) is 0 Å². The smallest absolute Gasteiger partial charge is 0.526 e. The molecule has 0 aromatic heterocycles. The lowest BCUT2D eigenvalue weighted by molar-refractivity contribution is 0.261. The van der Waals surface area contributed by atoms with Crippen LogP contribution in [0.3, 0.4) is 0 Å². The Morgan fingerprint density at radius 1 is 0.593 bits per heavy atom. The normalized spacial score (nSPS) is 10.7. The van der Waals surface area contributed by atoms with E-state index in [0.717, 1.165) is 24.6 Å². The molecule has 0 spiro atoms. The predicted molar refractivity (Wildman–Crippen MR) is 108 cm³/mol. The molecule has 0 heterocycles. The molecule has 0 saturated carbocycles. The molecular formula is C20H28BN2O4. The largest absolute Gasteiger partial charge is 0.658 e. The van der Waals surface area contributed by atoms with Gasteiger partial charge in [-0.1, -0.05) is 0 Å². The van der Waals surface area contributed by atoms with E-state index in [4.69, 9.17) is 18.8 Å². The van der Waals surface area contributed by atoms with E-state index < -0.39 is 0 Å².